The molecule has 1 amide bonds. The maximum absolute atomic E-state index is 11.9. The summed E-state index contributed by atoms with van der Waals surface area (Å²) in [7, 11) is 0. The lowest BCUT2D eigenvalue weighted by Gasteiger charge is -2.30. The second-order valence-corrected chi connectivity index (χ2v) is 6.28. The predicted octanol–water partition coefficient (Wildman–Crippen LogP) is 2.09. The molecule has 0 spiro atoms. The molecule has 0 radical (unpaired) electrons. The highest BCUT2D eigenvalue weighted by molar-refractivity contribution is 9.09. The first-order chi connectivity index (χ1) is 6.83. The Labute approximate surface area is 100 Å². The summed E-state index contributed by atoms with van der Waals surface area (Å²) in [5.41, 5.74) is -0.219. The molecule has 0 aromatic rings. The van der Waals surface area contributed by atoms with E-state index in [-0.39, 0.29) is 28.3 Å². The van der Waals surface area contributed by atoms with Crippen molar-refractivity contribution < 1.29 is 9.53 Å². The first kappa shape index (κ1) is 13.0. The molecule has 3 atom stereocenters. The van der Waals surface area contributed by atoms with Gasteiger partial charge in [-0.25, -0.2) is 0 Å². The molecule has 0 aromatic heterocycles. The van der Waals surface area contributed by atoms with Crippen LogP contribution in [0.5, 0.6) is 0 Å². The van der Waals surface area contributed by atoms with Crippen molar-refractivity contribution in [2.24, 2.45) is 5.92 Å². The fraction of sp³-hybridized carbons (Fsp3) is 0.909. The Balaban J connectivity index is 2.49. The number of rotatable bonds is 3. The van der Waals surface area contributed by atoms with Crippen LogP contribution in [0.25, 0.3) is 0 Å². The van der Waals surface area contributed by atoms with E-state index in [4.69, 9.17) is 4.74 Å². The van der Waals surface area contributed by atoms with Gasteiger partial charge in [-0.2, -0.15) is 0 Å². The van der Waals surface area contributed by atoms with Gasteiger partial charge in [0.15, 0.2) is 0 Å². The van der Waals surface area contributed by atoms with Gasteiger partial charge in [0.1, 0.15) is 0 Å². The van der Waals surface area contributed by atoms with Gasteiger partial charge in [-0.1, -0.05) is 22.9 Å². The molecule has 0 aromatic carbocycles. The maximum atomic E-state index is 11.9. The van der Waals surface area contributed by atoms with Gasteiger partial charge in [0.05, 0.1) is 18.6 Å². The van der Waals surface area contributed by atoms with Crippen LogP contribution in [0, 0.1) is 5.92 Å². The van der Waals surface area contributed by atoms with Crippen LogP contribution in [0.4, 0.5) is 0 Å². The number of hydrogen-bond acceptors (Lipinski definition) is 2. The number of nitrogens with one attached hydrogen (secondary N) is 1. The minimum absolute atomic E-state index is 0.0190. The molecular formula is C11H20BrNO2. The summed E-state index contributed by atoms with van der Waals surface area (Å²) >= 11 is 3.50. The minimum atomic E-state index is -0.219. The van der Waals surface area contributed by atoms with Gasteiger partial charge in [0.25, 0.3) is 0 Å². The standard InChI is InChI=1S/C11H20BrNO2/c1-7-5-9(6-15-7)10(14)13-11(3,4)8(2)12/h7-9H,5-6H2,1-4H3,(H,13,14). The van der Waals surface area contributed by atoms with Crippen molar-refractivity contribution in [2.75, 3.05) is 6.61 Å². The van der Waals surface area contributed by atoms with Crippen LogP contribution >= 0.6 is 15.9 Å². The van der Waals surface area contributed by atoms with Crippen LogP contribution in [0.2, 0.25) is 0 Å². The largest absolute Gasteiger partial charge is 0.378 e. The van der Waals surface area contributed by atoms with Crippen molar-refractivity contribution in [1.29, 1.82) is 0 Å². The summed E-state index contributed by atoms with van der Waals surface area (Å²) in [6.45, 7) is 8.63. The molecule has 4 heteroatoms. The molecule has 1 fully saturated rings. The smallest absolute Gasteiger partial charge is 0.225 e. The van der Waals surface area contributed by atoms with E-state index in [1.165, 1.54) is 0 Å². The first-order valence-electron chi connectivity index (χ1n) is 5.40. The normalized spacial score (nSPS) is 28.9. The molecule has 1 aliphatic heterocycles. The second-order valence-electron chi connectivity index (χ2n) is 4.90. The van der Waals surface area contributed by atoms with Crippen LogP contribution in [-0.4, -0.2) is 29.0 Å². The molecule has 1 aliphatic rings. The molecule has 0 aliphatic carbocycles. The predicted molar refractivity (Wildman–Crippen MR) is 64.1 cm³/mol. The Bertz CT molecular complexity index is 241. The van der Waals surface area contributed by atoms with E-state index in [1.807, 2.05) is 27.7 Å². The number of halogens is 1. The molecule has 0 bridgehead atoms. The van der Waals surface area contributed by atoms with Gasteiger partial charge in [-0.05, 0) is 27.2 Å². The van der Waals surface area contributed by atoms with E-state index in [0.29, 0.717) is 6.61 Å². The van der Waals surface area contributed by atoms with Crippen molar-refractivity contribution in [2.45, 2.75) is 50.6 Å². The fourth-order valence-corrected chi connectivity index (χ4v) is 1.63. The van der Waals surface area contributed by atoms with E-state index < -0.39 is 0 Å². The molecule has 1 heterocycles. The molecule has 0 saturated carbocycles. The zero-order chi connectivity index (χ0) is 11.6. The molecule has 3 unspecified atom stereocenters. The van der Waals surface area contributed by atoms with Gasteiger partial charge in [-0.3, -0.25) is 4.79 Å². The SMILES string of the molecule is CC1CC(C(=O)NC(C)(C)C(C)Br)CO1. The molecule has 3 nitrogen and oxygen atoms in total. The zero-order valence-electron chi connectivity index (χ0n) is 9.84. The molecule has 15 heavy (non-hydrogen) atoms. The Hall–Kier alpha value is -0.0900. The van der Waals surface area contributed by atoms with Crippen LogP contribution in [-0.2, 0) is 9.53 Å². The van der Waals surface area contributed by atoms with Crippen molar-refractivity contribution >= 4 is 21.8 Å². The van der Waals surface area contributed by atoms with Crippen molar-refractivity contribution in [3.63, 3.8) is 0 Å². The number of carbonyl (C=O) groups is 1. The highest BCUT2D eigenvalue weighted by Crippen LogP contribution is 2.22. The minimum Gasteiger partial charge on any atom is -0.378 e. The molecule has 88 valence electrons. The van der Waals surface area contributed by atoms with Gasteiger partial charge in [-0.15, -0.1) is 0 Å². The van der Waals surface area contributed by atoms with E-state index in [2.05, 4.69) is 21.2 Å². The summed E-state index contributed by atoms with van der Waals surface area (Å²) in [4.78, 5) is 12.1. The van der Waals surface area contributed by atoms with Gasteiger partial charge in [0.2, 0.25) is 5.91 Å². The summed E-state index contributed by atoms with van der Waals surface area (Å²) in [6, 6.07) is 0. The average Bonchev–Trinajstić information content (AvgIpc) is 2.50. The lowest BCUT2D eigenvalue weighted by Crippen LogP contribution is -2.51. The average molecular weight is 278 g/mol. The Kier molecular flexibility index (Phi) is 4.18. The number of carbonyl (C=O) groups excluding carboxylic acids is 1. The van der Waals surface area contributed by atoms with Gasteiger partial charge < -0.3 is 10.1 Å². The number of ether oxygens (including phenoxy) is 1. The van der Waals surface area contributed by atoms with Crippen molar-refractivity contribution in [1.82, 2.24) is 5.32 Å². The number of alkyl halides is 1. The van der Waals surface area contributed by atoms with E-state index in [1.54, 1.807) is 0 Å². The Morgan fingerprint density at radius 2 is 2.20 bits per heavy atom. The summed E-state index contributed by atoms with van der Waals surface area (Å²) in [6.07, 6.45) is 1.05. The quantitative estimate of drug-likeness (QED) is 0.803. The first-order valence-corrected chi connectivity index (χ1v) is 6.32. The maximum Gasteiger partial charge on any atom is 0.225 e. The number of amides is 1. The van der Waals surface area contributed by atoms with E-state index in [9.17, 15) is 4.79 Å². The highest BCUT2D eigenvalue weighted by Gasteiger charge is 2.33. The van der Waals surface area contributed by atoms with E-state index >= 15 is 0 Å². The molecule has 1 N–H and O–H groups in total. The van der Waals surface area contributed by atoms with Crippen LogP contribution < -0.4 is 5.32 Å². The number of hydrogen-bond donors (Lipinski definition) is 1. The fourth-order valence-electron chi connectivity index (χ4n) is 1.52. The van der Waals surface area contributed by atoms with Gasteiger partial charge in [0, 0.05) is 10.4 Å². The third kappa shape index (κ3) is 3.45. The molecular weight excluding hydrogens is 258 g/mol. The van der Waals surface area contributed by atoms with Crippen molar-refractivity contribution in [3.05, 3.63) is 0 Å². The van der Waals surface area contributed by atoms with Gasteiger partial charge >= 0.3 is 0 Å². The lowest BCUT2D eigenvalue weighted by molar-refractivity contribution is -0.126. The van der Waals surface area contributed by atoms with Crippen molar-refractivity contribution in [3.8, 4) is 0 Å². The third-order valence-electron chi connectivity index (χ3n) is 3.01. The van der Waals surface area contributed by atoms with Crippen LogP contribution in [0.3, 0.4) is 0 Å². The lowest BCUT2D eigenvalue weighted by atomic mass is 9.98. The second kappa shape index (κ2) is 4.83. The summed E-state index contributed by atoms with van der Waals surface area (Å²) < 4.78 is 5.39. The highest BCUT2D eigenvalue weighted by atomic mass is 79.9. The van der Waals surface area contributed by atoms with Crippen LogP contribution in [0.15, 0.2) is 0 Å². The topological polar surface area (TPSA) is 38.3 Å². The summed E-state index contributed by atoms with van der Waals surface area (Å²) in [5.74, 6) is 0.126. The van der Waals surface area contributed by atoms with E-state index in [0.717, 1.165) is 6.42 Å². The monoisotopic (exact) mass is 277 g/mol. The third-order valence-corrected chi connectivity index (χ3v) is 4.15. The Morgan fingerprint density at radius 3 is 2.60 bits per heavy atom. The Morgan fingerprint density at radius 1 is 1.60 bits per heavy atom. The molecule has 1 saturated heterocycles. The van der Waals surface area contributed by atoms with Crippen LogP contribution in [0.1, 0.15) is 34.1 Å². The summed E-state index contributed by atoms with van der Waals surface area (Å²) in [5, 5.41) is 3.05. The zero-order valence-corrected chi connectivity index (χ0v) is 11.4. The molecule has 1 rings (SSSR count).